The monoisotopic (exact) mass is 470 g/mol. The molecule has 0 amide bonds. The summed E-state index contributed by atoms with van der Waals surface area (Å²) in [5.74, 6) is -0.985. The van der Waals surface area contributed by atoms with Crippen LogP contribution in [-0.2, 0) is 6.54 Å². The molecular weight excluding hydrogens is 452 g/mol. The summed E-state index contributed by atoms with van der Waals surface area (Å²) in [6.45, 7) is 2.79. The fourth-order valence-corrected chi connectivity index (χ4v) is 4.00. The lowest BCUT2D eigenvalue weighted by Crippen LogP contribution is -2.01. The fourth-order valence-electron chi connectivity index (χ4n) is 3.73. The van der Waals surface area contributed by atoms with Crippen LogP contribution in [-0.4, -0.2) is 15.6 Å². The molecule has 0 atom stereocenters. The second-order valence-electron chi connectivity index (χ2n) is 7.28. The molecule has 0 spiro atoms. The highest BCUT2D eigenvalue weighted by atomic mass is 79.9. The standard InChI is InChI=1S/C26H19BrN2O2/c1-17-24(14-21(15-28)19-8-10-20(11-9-19)26(30)31)23-4-2-3-5-25(23)29(17)16-18-6-12-22(27)13-7-18/h2-14H,16H2,1H3,(H,30,31)/b21-14-. The van der Waals surface area contributed by atoms with Crippen molar-refractivity contribution in [3.63, 3.8) is 0 Å². The lowest BCUT2D eigenvalue weighted by Gasteiger charge is -2.09. The van der Waals surface area contributed by atoms with Gasteiger partial charge >= 0.3 is 5.97 Å². The topological polar surface area (TPSA) is 66.0 Å². The molecule has 0 unspecified atom stereocenters. The van der Waals surface area contributed by atoms with Crippen LogP contribution in [0.3, 0.4) is 0 Å². The minimum atomic E-state index is -0.985. The van der Waals surface area contributed by atoms with Crippen LogP contribution in [0.5, 0.6) is 0 Å². The van der Waals surface area contributed by atoms with Crippen LogP contribution in [0, 0.1) is 18.3 Å². The molecular formula is C26H19BrN2O2. The van der Waals surface area contributed by atoms with E-state index in [1.54, 1.807) is 12.1 Å². The zero-order valence-corrected chi connectivity index (χ0v) is 18.4. The van der Waals surface area contributed by atoms with E-state index in [0.717, 1.165) is 33.2 Å². The van der Waals surface area contributed by atoms with Crippen LogP contribution in [0.2, 0.25) is 0 Å². The number of para-hydroxylation sites is 1. The molecule has 4 rings (SSSR count). The first kappa shape index (κ1) is 20.6. The van der Waals surface area contributed by atoms with Crippen LogP contribution < -0.4 is 0 Å². The van der Waals surface area contributed by atoms with Gasteiger partial charge in [0.1, 0.15) is 0 Å². The molecule has 1 heterocycles. The summed E-state index contributed by atoms with van der Waals surface area (Å²) in [5, 5.41) is 20.0. The van der Waals surface area contributed by atoms with Gasteiger partial charge in [0, 0.05) is 33.2 Å². The van der Waals surface area contributed by atoms with Crippen molar-refractivity contribution in [3.05, 3.63) is 105 Å². The van der Waals surface area contributed by atoms with Gasteiger partial charge in [-0.15, -0.1) is 0 Å². The molecule has 4 nitrogen and oxygen atoms in total. The maximum Gasteiger partial charge on any atom is 0.335 e. The van der Waals surface area contributed by atoms with Gasteiger partial charge in [0.2, 0.25) is 0 Å². The Kier molecular flexibility index (Phi) is 5.75. The smallest absolute Gasteiger partial charge is 0.335 e. The van der Waals surface area contributed by atoms with Crippen molar-refractivity contribution in [1.82, 2.24) is 4.57 Å². The number of carbonyl (C=O) groups is 1. The molecule has 0 bridgehead atoms. The zero-order chi connectivity index (χ0) is 22.0. The summed E-state index contributed by atoms with van der Waals surface area (Å²) >= 11 is 3.48. The van der Waals surface area contributed by atoms with E-state index < -0.39 is 5.97 Å². The molecule has 5 heteroatoms. The summed E-state index contributed by atoms with van der Waals surface area (Å²) in [5.41, 5.74) is 5.73. The number of allylic oxidation sites excluding steroid dienone is 1. The van der Waals surface area contributed by atoms with Crippen molar-refractivity contribution < 1.29 is 9.90 Å². The molecule has 152 valence electrons. The first-order valence-electron chi connectivity index (χ1n) is 9.75. The Morgan fingerprint density at radius 3 is 2.32 bits per heavy atom. The molecule has 1 N–H and O–H groups in total. The van der Waals surface area contributed by atoms with Crippen molar-refractivity contribution in [1.29, 1.82) is 5.26 Å². The van der Waals surface area contributed by atoms with E-state index in [1.807, 2.05) is 30.3 Å². The summed E-state index contributed by atoms with van der Waals surface area (Å²) in [7, 11) is 0. The van der Waals surface area contributed by atoms with E-state index in [1.165, 1.54) is 17.7 Å². The number of nitriles is 1. The maximum absolute atomic E-state index is 11.1. The highest BCUT2D eigenvalue weighted by molar-refractivity contribution is 9.10. The van der Waals surface area contributed by atoms with Gasteiger partial charge in [-0.1, -0.05) is 58.4 Å². The van der Waals surface area contributed by atoms with Crippen LogP contribution >= 0.6 is 15.9 Å². The lowest BCUT2D eigenvalue weighted by molar-refractivity contribution is 0.0697. The van der Waals surface area contributed by atoms with E-state index >= 15 is 0 Å². The molecule has 31 heavy (non-hydrogen) atoms. The SMILES string of the molecule is Cc1c(/C=C(/C#N)c2ccc(C(=O)O)cc2)c2ccccc2n1Cc1ccc(Br)cc1. The number of carboxylic acid groups (broad SMARTS) is 1. The van der Waals surface area contributed by atoms with Crippen molar-refractivity contribution in [3.8, 4) is 6.07 Å². The molecule has 3 aromatic carbocycles. The molecule has 0 fully saturated rings. The average molecular weight is 471 g/mol. The van der Waals surface area contributed by atoms with Crippen LogP contribution in [0.15, 0.2) is 77.3 Å². The molecule has 1 aromatic heterocycles. The van der Waals surface area contributed by atoms with E-state index in [-0.39, 0.29) is 5.56 Å². The van der Waals surface area contributed by atoms with Gasteiger partial charge in [-0.2, -0.15) is 5.26 Å². The van der Waals surface area contributed by atoms with E-state index in [4.69, 9.17) is 5.11 Å². The number of fused-ring (bicyclic) bond motifs is 1. The normalized spacial score (nSPS) is 11.5. The van der Waals surface area contributed by atoms with E-state index in [0.29, 0.717) is 11.1 Å². The van der Waals surface area contributed by atoms with Crippen molar-refractivity contribution >= 4 is 44.5 Å². The Labute approximate surface area is 188 Å². The highest BCUT2D eigenvalue weighted by Crippen LogP contribution is 2.30. The van der Waals surface area contributed by atoms with Crippen molar-refractivity contribution in [2.75, 3.05) is 0 Å². The van der Waals surface area contributed by atoms with Gasteiger partial charge in [-0.25, -0.2) is 4.79 Å². The molecule has 0 aliphatic heterocycles. The summed E-state index contributed by atoms with van der Waals surface area (Å²) in [4.78, 5) is 11.1. The first-order valence-corrected chi connectivity index (χ1v) is 10.5. The maximum atomic E-state index is 11.1. The van der Waals surface area contributed by atoms with Gasteiger partial charge < -0.3 is 9.67 Å². The second-order valence-corrected chi connectivity index (χ2v) is 8.20. The average Bonchev–Trinajstić information content (AvgIpc) is 3.04. The minimum Gasteiger partial charge on any atom is -0.478 e. The largest absolute Gasteiger partial charge is 0.478 e. The van der Waals surface area contributed by atoms with Crippen LogP contribution in [0.4, 0.5) is 0 Å². The van der Waals surface area contributed by atoms with Gasteiger partial charge in [0.25, 0.3) is 0 Å². The van der Waals surface area contributed by atoms with Gasteiger partial charge in [0.15, 0.2) is 0 Å². The van der Waals surface area contributed by atoms with Crippen molar-refractivity contribution in [2.45, 2.75) is 13.5 Å². The molecule has 0 saturated heterocycles. The van der Waals surface area contributed by atoms with Gasteiger partial charge in [-0.05, 0) is 54.5 Å². The Morgan fingerprint density at radius 1 is 1.03 bits per heavy atom. The molecule has 0 aliphatic rings. The number of hydrogen-bond acceptors (Lipinski definition) is 2. The third-order valence-corrected chi connectivity index (χ3v) is 5.91. The number of nitrogens with zero attached hydrogens (tertiary/aromatic N) is 2. The number of hydrogen-bond donors (Lipinski definition) is 1. The summed E-state index contributed by atoms with van der Waals surface area (Å²) in [6.07, 6.45) is 1.89. The molecule has 0 saturated carbocycles. The summed E-state index contributed by atoms with van der Waals surface area (Å²) in [6, 6.07) is 25.1. The zero-order valence-electron chi connectivity index (χ0n) is 16.8. The number of halogens is 1. The quantitative estimate of drug-likeness (QED) is 0.337. The summed E-state index contributed by atoms with van der Waals surface area (Å²) < 4.78 is 3.30. The number of rotatable bonds is 5. The lowest BCUT2D eigenvalue weighted by atomic mass is 10.0. The minimum absolute atomic E-state index is 0.198. The number of carboxylic acids is 1. The number of aromatic nitrogens is 1. The van der Waals surface area contributed by atoms with Crippen LogP contribution in [0.25, 0.3) is 22.6 Å². The molecule has 0 radical (unpaired) electrons. The van der Waals surface area contributed by atoms with Gasteiger partial charge in [0.05, 0.1) is 17.2 Å². The van der Waals surface area contributed by atoms with E-state index in [9.17, 15) is 10.1 Å². The molecule has 0 aliphatic carbocycles. The van der Waals surface area contributed by atoms with Gasteiger partial charge in [-0.3, -0.25) is 0 Å². The highest BCUT2D eigenvalue weighted by Gasteiger charge is 2.14. The number of aromatic carboxylic acids is 1. The third kappa shape index (κ3) is 4.16. The third-order valence-electron chi connectivity index (χ3n) is 5.39. The first-order chi connectivity index (χ1) is 15.0. The second kappa shape index (κ2) is 8.63. The predicted molar refractivity (Wildman–Crippen MR) is 127 cm³/mol. The Morgan fingerprint density at radius 2 is 1.68 bits per heavy atom. The Hall–Kier alpha value is -3.62. The Bertz CT molecular complexity index is 1340. The fraction of sp³-hybridized carbons (Fsp3) is 0.0769. The van der Waals surface area contributed by atoms with E-state index in [2.05, 4.69) is 57.8 Å². The molecule has 4 aromatic rings. The Balaban J connectivity index is 1.81. The van der Waals surface area contributed by atoms with Crippen molar-refractivity contribution in [2.24, 2.45) is 0 Å². The predicted octanol–water partition coefficient (Wildman–Crippen LogP) is 6.52. The number of benzene rings is 3. The van der Waals surface area contributed by atoms with Crippen LogP contribution in [0.1, 0.15) is 32.7 Å².